The zero-order valence-electron chi connectivity index (χ0n) is 13.7. The highest BCUT2D eigenvalue weighted by atomic mass is 35.5. The van der Waals surface area contributed by atoms with Gasteiger partial charge in [0, 0.05) is 29.0 Å². The first-order chi connectivity index (χ1) is 12.3. The summed E-state index contributed by atoms with van der Waals surface area (Å²) in [6.45, 7) is 1.73. The molecule has 9 heteroatoms. The number of nitrogens with one attached hydrogen (secondary N) is 2. The van der Waals surface area contributed by atoms with Crippen molar-refractivity contribution in [2.45, 2.75) is 13.3 Å². The van der Waals surface area contributed by atoms with Crippen LogP contribution in [0.4, 0.5) is 10.1 Å². The number of halogens is 2. The molecule has 2 aromatic heterocycles. The number of sulfonamides is 1. The SMILES string of the molecule is CCCS(=O)(=O)Nc1ccc(F)c(C(=O)c2c[nH]c3ncc(Cl)cc23)c1. The number of hydrogen-bond acceptors (Lipinski definition) is 4. The van der Waals surface area contributed by atoms with Crippen molar-refractivity contribution in [3.05, 3.63) is 58.6 Å². The number of carbonyl (C=O) groups excluding carboxylic acids is 1. The number of benzene rings is 1. The van der Waals surface area contributed by atoms with Crippen molar-refractivity contribution < 1.29 is 17.6 Å². The van der Waals surface area contributed by atoms with Crippen molar-refractivity contribution in [1.29, 1.82) is 0 Å². The van der Waals surface area contributed by atoms with E-state index in [9.17, 15) is 17.6 Å². The van der Waals surface area contributed by atoms with Gasteiger partial charge >= 0.3 is 0 Å². The van der Waals surface area contributed by atoms with Crippen LogP contribution in [0.5, 0.6) is 0 Å². The highest BCUT2D eigenvalue weighted by molar-refractivity contribution is 7.92. The number of rotatable bonds is 6. The van der Waals surface area contributed by atoms with Gasteiger partial charge < -0.3 is 4.98 Å². The summed E-state index contributed by atoms with van der Waals surface area (Å²) < 4.78 is 40.3. The molecule has 0 amide bonds. The minimum Gasteiger partial charge on any atom is -0.345 e. The Hall–Kier alpha value is -2.45. The van der Waals surface area contributed by atoms with Crippen LogP contribution in [0.2, 0.25) is 5.02 Å². The van der Waals surface area contributed by atoms with E-state index in [1.807, 2.05) is 0 Å². The average Bonchev–Trinajstić information content (AvgIpc) is 2.98. The fourth-order valence-corrected chi connectivity index (χ4v) is 3.86. The average molecular weight is 396 g/mol. The maximum atomic E-state index is 14.2. The second kappa shape index (κ2) is 7.05. The second-order valence-electron chi connectivity index (χ2n) is 5.70. The van der Waals surface area contributed by atoms with E-state index in [0.29, 0.717) is 22.5 Å². The van der Waals surface area contributed by atoms with Gasteiger partial charge in [0.1, 0.15) is 11.5 Å². The Morgan fingerprint density at radius 2 is 2.08 bits per heavy atom. The predicted molar refractivity (Wildman–Crippen MR) is 98.6 cm³/mol. The normalized spacial score (nSPS) is 11.7. The molecule has 3 aromatic rings. The molecule has 6 nitrogen and oxygen atoms in total. The first-order valence-corrected chi connectivity index (χ1v) is 9.81. The Morgan fingerprint density at radius 3 is 2.81 bits per heavy atom. The fraction of sp³-hybridized carbons (Fsp3) is 0.176. The van der Waals surface area contributed by atoms with Crippen molar-refractivity contribution in [2.24, 2.45) is 0 Å². The van der Waals surface area contributed by atoms with Crippen molar-refractivity contribution in [3.63, 3.8) is 0 Å². The van der Waals surface area contributed by atoms with Gasteiger partial charge in [0.15, 0.2) is 5.78 Å². The number of fused-ring (bicyclic) bond motifs is 1. The third-order valence-electron chi connectivity index (χ3n) is 3.70. The van der Waals surface area contributed by atoms with Crippen LogP contribution in [0.3, 0.4) is 0 Å². The molecular weight excluding hydrogens is 381 g/mol. The quantitative estimate of drug-likeness (QED) is 0.622. The zero-order valence-corrected chi connectivity index (χ0v) is 15.3. The molecule has 0 radical (unpaired) electrons. The number of nitrogens with zero attached hydrogens (tertiary/aromatic N) is 1. The van der Waals surface area contributed by atoms with Crippen LogP contribution in [0.1, 0.15) is 29.3 Å². The molecule has 2 N–H and O–H groups in total. The summed E-state index contributed by atoms with van der Waals surface area (Å²) in [5.41, 5.74) is 0.516. The summed E-state index contributed by atoms with van der Waals surface area (Å²) in [6, 6.07) is 5.06. The monoisotopic (exact) mass is 395 g/mol. The van der Waals surface area contributed by atoms with E-state index in [1.54, 1.807) is 13.0 Å². The summed E-state index contributed by atoms with van der Waals surface area (Å²) >= 11 is 5.92. The predicted octanol–water partition coefficient (Wildman–Crippen LogP) is 3.74. The lowest BCUT2D eigenvalue weighted by Crippen LogP contribution is -2.16. The van der Waals surface area contributed by atoms with Gasteiger partial charge in [0.2, 0.25) is 10.0 Å². The Labute approximate surface area is 154 Å². The van der Waals surface area contributed by atoms with Gasteiger partial charge in [-0.2, -0.15) is 0 Å². The Kier molecular flexibility index (Phi) is 4.97. The molecule has 0 aliphatic rings. The molecule has 26 heavy (non-hydrogen) atoms. The van der Waals surface area contributed by atoms with E-state index in [-0.39, 0.29) is 22.6 Å². The van der Waals surface area contributed by atoms with Crippen molar-refractivity contribution in [2.75, 3.05) is 10.5 Å². The molecule has 0 atom stereocenters. The van der Waals surface area contributed by atoms with Crippen molar-refractivity contribution in [1.82, 2.24) is 9.97 Å². The minimum atomic E-state index is -3.55. The molecule has 1 aromatic carbocycles. The van der Waals surface area contributed by atoms with Gasteiger partial charge in [-0.05, 0) is 30.7 Å². The first-order valence-electron chi connectivity index (χ1n) is 7.78. The molecule has 0 unspecified atom stereocenters. The number of H-pyrrole nitrogens is 1. The van der Waals surface area contributed by atoms with E-state index in [2.05, 4.69) is 14.7 Å². The van der Waals surface area contributed by atoms with E-state index in [1.165, 1.54) is 24.5 Å². The lowest BCUT2D eigenvalue weighted by molar-refractivity contribution is 0.103. The third kappa shape index (κ3) is 3.71. The summed E-state index contributed by atoms with van der Waals surface area (Å²) in [5, 5.41) is 0.798. The number of pyridine rings is 1. The minimum absolute atomic E-state index is 0.0692. The highest BCUT2D eigenvalue weighted by Gasteiger charge is 2.20. The molecule has 2 heterocycles. The molecule has 136 valence electrons. The van der Waals surface area contributed by atoms with E-state index >= 15 is 0 Å². The molecule has 0 aliphatic heterocycles. The van der Waals surface area contributed by atoms with Crippen LogP contribution in [0.15, 0.2) is 36.7 Å². The summed E-state index contributed by atoms with van der Waals surface area (Å²) in [4.78, 5) is 19.7. The Morgan fingerprint density at radius 1 is 1.31 bits per heavy atom. The van der Waals surface area contributed by atoms with Gasteiger partial charge in [0.25, 0.3) is 0 Å². The fourth-order valence-electron chi connectivity index (χ4n) is 2.57. The third-order valence-corrected chi connectivity index (χ3v) is 5.40. The van der Waals surface area contributed by atoms with Gasteiger partial charge in [-0.1, -0.05) is 18.5 Å². The number of carbonyl (C=O) groups is 1. The summed E-state index contributed by atoms with van der Waals surface area (Å²) in [6.07, 6.45) is 3.29. The van der Waals surface area contributed by atoms with E-state index in [4.69, 9.17) is 11.6 Å². The maximum absolute atomic E-state index is 14.2. The number of aromatic nitrogens is 2. The van der Waals surface area contributed by atoms with Crippen LogP contribution < -0.4 is 4.72 Å². The van der Waals surface area contributed by atoms with Crippen molar-refractivity contribution in [3.8, 4) is 0 Å². The molecule has 0 bridgehead atoms. The standard InChI is InChI=1S/C17H15ClFN3O3S/c1-2-5-26(24,25)22-11-3-4-15(19)13(7-11)16(23)14-9-21-17-12(14)6-10(18)8-20-17/h3-4,6-9,22H,2,5H2,1H3,(H,20,21). The first kappa shape index (κ1) is 18.3. The number of ketones is 1. The van der Waals surface area contributed by atoms with Gasteiger partial charge in [-0.15, -0.1) is 0 Å². The molecule has 0 aliphatic carbocycles. The Bertz CT molecular complexity index is 1100. The lowest BCUT2D eigenvalue weighted by atomic mass is 10.0. The number of anilines is 1. The van der Waals surface area contributed by atoms with Gasteiger partial charge in [-0.3, -0.25) is 9.52 Å². The van der Waals surface area contributed by atoms with Gasteiger partial charge in [0.05, 0.1) is 16.3 Å². The number of aromatic amines is 1. The topological polar surface area (TPSA) is 91.9 Å². The smallest absolute Gasteiger partial charge is 0.232 e. The molecular formula is C17H15ClFN3O3S. The highest BCUT2D eigenvalue weighted by Crippen LogP contribution is 2.25. The van der Waals surface area contributed by atoms with E-state index < -0.39 is 21.6 Å². The largest absolute Gasteiger partial charge is 0.345 e. The molecule has 0 fully saturated rings. The van der Waals surface area contributed by atoms with Crippen LogP contribution in [0, 0.1) is 5.82 Å². The van der Waals surface area contributed by atoms with E-state index in [0.717, 1.165) is 6.07 Å². The Balaban J connectivity index is 2.01. The summed E-state index contributed by atoms with van der Waals surface area (Å²) in [5.74, 6) is -1.42. The zero-order chi connectivity index (χ0) is 18.9. The van der Waals surface area contributed by atoms with Crippen LogP contribution in [0.25, 0.3) is 11.0 Å². The van der Waals surface area contributed by atoms with Crippen LogP contribution in [-0.2, 0) is 10.0 Å². The van der Waals surface area contributed by atoms with Crippen molar-refractivity contribution >= 4 is 44.1 Å². The van der Waals surface area contributed by atoms with Crippen LogP contribution in [-0.4, -0.2) is 29.9 Å². The molecule has 3 rings (SSSR count). The molecule has 0 saturated carbocycles. The molecule has 0 spiro atoms. The summed E-state index contributed by atoms with van der Waals surface area (Å²) in [7, 11) is -3.55. The maximum Gasteiger partial charge on any atom is 0.232 e. The second-order valence-corrected chi connectivity index (χ2v) is 7.98. The molecule has 0 saturated heterocycles. The number of hydrogen-bond donors (Lipinski definition) is 2. The van der Waals surface area contributed by atoms with Crippen LogP contribution >= 0.6 is 11.6 Å². The van der Waals surface area contributed by atoms with Gasteiger partial charge in [-0.25, -0.2) is 17.8 Å². The lowest BCUT2D eigenvalue weighted by Gasteiger charge is -2.09.